The molecule has 0 aliphatic heterocycles. The third-order valence-electron chi connectivity index (χ3n) is 3.09. The van der Waals surface area contributed by atoms with Crippen LogP contribution in [0.4, 0.5) is 0 Å². The first-order chi connectivity index (χ1) is 10.6. The van der Waals surface area contributed by atoms with Gasteiger partial charge < -0.3 is 15.2 Å². The lowest BCUT2D eigenvalue weighted by Gasteiger charge is -2.15. The maximum absolute atomic E-state index is 11.9. The minimum absolute atomic E-state index is 0.198. The maximum atomic E-state index is 11.9. The van der Waals surface area contributed by atoms with Crippen LogP contribution in [0.3, 0.4) is 0 Å². The van der Waals surface area contributed by atoms with Crippen molar-refractivity contribution in [3.05, 3.63) is 46.4 Å². The molecule has 2 N–H and O–H groups in total. The molecule has 0 saturated carbocycles. The van der Waals surface area contributed by atoms with Crippen molar-refractivity contribution in [1.82, 2.24) is 10.3 Å². The number of carboxylic acids is 1. The maximum Gasteiger partial charge on any atom is 0.330 e. The summed E-state index contributed by atoms with van der Waals surface area (Å²) in [5, 5.41) is 13.7. The van der Waals surface area contributed by atoms with E-state index in [1.54, 1.807) is 29.8 Å². The fraction of sp³-hybridized carbons (Fsp3) is 0.267. The van der Waals surface area contributed by atoms with Gasteiger partial charge in [0.05, 0.1) is 18.3 Å². The number of benzene rings is 1. The summed E-state index contributed by atoms with van der Waals surface area (Å²) in [6, 6.07) is 5.49. The molecule has 0 radical (unpaired) electrons. The number of thiazole rings is 1. The van der Waals surface area contributed by atoms with Crippen molar-refractivity contribution >= 4 is 23.2 Å². The molecule has 1 heterocycles. The molecule has 0 spiro atoms. The second kappa shape index (κ2) is 7.56. The number of amides is 1. The van der Waals surface area contributed by atoms with Gasteiger partial charge in [0, 0.05) is 11.8 Å². The van der Waals surface area contributed by atoms with Crippen LogP contribution >= 0.6 is 11.3 Å². The zero-order valence-electron chi connectivity index (χ0n) is 12.0. The summed E-state index contributed by atoms with van der Waals surface area (Å²) in [6.45, 7) is 0. The van der Waals surface area contributed by atoms with E-state index in [9.17, 15) is 14.7 Å². The fourth-order valence-electron chi connectivity index (χ4n) is 1.92. The summed E-state index contributed by atoms with van der Waals surface area (Å²) in [6.07, 6.45) is 0.688. The van der Waals surface area contributed by atoms with Gasteiger partial charge in [-0.05, 0) is 24.1 Å². The molecule has 1 unspecified atom stereocenters. The molecule has 2 aromatic rings. The van der Waals surface area contributed by atoms with Crippen molar-refractivity contribution in [2.45, 2.75) is 18.9 Å². The Morgan fingerprint density at radius 2 is 2.09 bits per heavy atom. The van der Waals surface area contributed by atoms with Gasteiger partial charge in [-0.3, -0.25) is 4.79 Å². The van der Waals surface area contributed by atoms with Crippen molar-refractivity contribution < 1.29 is 19.4 Å². The van der Waals surface area contributed by atoms with Crippen molar-refractivity contribution in [2.24, 2.45) is 0 Å². The summed E-state index contributed by atoms with van der Waals surface area (Å²) in [4.78, 5) is 27.4. The summed E-state index contributed by atoms with van der Waals surface area (Å²) in [5.41, 5.74) is 3.02. The van der Waals surface area contributed by atoms with Crippen LogP contribution in [0.15, 0.2) is 35.2 Å². The number of hydrogen-bond donors (Lipinski definition) is 2. The first-order valence-electron chi connectivity index (χ1n) is 6.63. The van der Waals surface area contributed by atoms with Gasteiger partial charge in [-0.2, -0.15) is 0 Å². The number of aryl methyl sites for hydroxylation is 1. The van der Waals surface area contributed by atoms with E-state index in [2.05, 4.69) is 10.3 Å². The second-order valence-corrected chi connectivity index (χ2v) is 5.31. The van der Waals surface area contributed by atoms with Crippen LogP contribution in [0.1, 0.15) is 23.7 Å². The summed E-state index contributed by atoms with van der Waals surface area (Å²) in [5.74, 6) is -0.800. The topological polar surface area (TPSA) is 88.5 Å². The Balaban J connectivity index is 1.98. The van der Waals surface area contributed by atoms with Gasteiger partial charge in [0.15, 0.2) is 6.04 Å². The highest BCUT2D eigenvalue weighted by atomic mass is 32.1. The number of rotatable bonds is 7. The molecule has 0 fully saturated rings. The number of hydrogen-bond acceptors (Lipinski definition) is 5. The highest BCUT2D eigenvalue weighted by Gasteiger charge is 2.22. The van der Waals surface area contributed by atoms with Crippen LogP contribution in [-0.2, 0) is 16.0 Å². The fourth-order valence-corrected chi connectivity index (χ4v) is 2.51. The third kappa shape index (κ3) is 4.29. The van der Waals surface area contributed by atoms with E-state index in [0.717, 1.165) is 5.69 Å². The molecule has 1 aromatic heterocycles. The van der Waals surface area contributed by atoms with Crippen LogP contribution in [0.5, 0.6) is 5.75 Å². The molecule has 116 valence electrons. The third-order valence-corrected chi connectivity index (χ3v) is 3.73. The van der Waals surface area contributed by atoms with Crippen LogP contribution < -0.4 is 10.1 Å². The van der Waals surface area contributed by atoms with Gasteiger partial charge in [-0.25, -0.2) is 9.78 Å². The molecule has 0 aliphatic carbocycles. The Kier molecular flexibility index (Phi) is 5.48. The van der Waals surface area contributed by atoms with Gasteiger partial charge >= 0.3 is 5.97 Å². The quantitative estimate of drug-likeness (QED) is 0.815. The average Bonchev–Trinajstić information content (AvgIpc) is 3.04. The predicted octanol–water partition coefficient (Wildman–Crippen LogP) is 2.03. The first-order valence-corrected chi connectivity index (χ1v) is 7.57. The summed E-state index contributed by atoms with van der Waals surface area (Å²) < 4.78 is 5.03. The summed E-state index contributed by atoms with van der Waals surface area (Å²) >= 11 is 1.46. The zero-order valence-corrected chi connectivity index (χ0v) is 12.8. The normalized spacial score (nSPS) is 11.7. The molecule has 0 saturated heterocycles. The number of methoxy groups -OCH3 is 1. The van der Waals surface area contributed by atoms with Crippen LogP contribution in [0.25, 0.3) is 0 Å². The standard InChI is InChI=1S/C15H16N2O4S/c1-21-12-5-2-10(3-6-12)14(15(19)20)17-13(18)7-4-11-8-22-9-16-11/h2-3,5-6,8-9,14H,4,7H2,1H3,(H,17,18)(H,19,20). The molecular weight excluding hydrogens is 304 g/mol. The van der Waals surface area contributed by atoms with E-state index in [-0.39, 0.29) is 12.3 Å². The number of carboxylic acid groups (broad SMARTS) is 1. The number of carbonyl (C=O) groups excluding carboxylic acids is 1. The van der Waals surface area contributed by atoms with Crippen molar-refractivity contribution in [1.29, 1.82) is 0 Å². The van der Waals surface area contributed by atoms with Gasteiger partial charge in [0.2, 0.25) is 5.91 Å². The number of aromatic nitrogens is 1. The number of carbonyl (C=O) groups is 2. The average molecular weight is 320 g/mol. The molecule has 2 rings (SSSR count). The lowest BCUT2D eigenvalue weighted by Crippen LogP contribution is -2.33. The molecule has 1 atom stereocenters. The van der Waals surface area contributed by atoms with E-state index in [0.29, 0.717) is 17.7 Å². The first kappa shape index (κ1) is 16.0. The van der Waals surface area contributed by atoms with Crippen LogP contribution in [0, 0.1) is 0 Å². The lowest BCUT2D eigenvalue weighted by molar-refractivity contribution is -0.142. The van der Waals surface area contributed by atoms with Crippen LogP contribution in [-0.4, -0.2) is 29.1 Å². The van der Waals surface area contributed by atoms with Gasteiger partial charge in [-0.15, -0.1) is 11.3 Å². The Morgan fingerprint density at radius 3 is 2.64 bits per heavy atom. The molecule has 1 amide bonds. The monoisotopic (exact) mass is 320 g/mol. The number of nitrogens with one attached hydrogen (secondary N) is 1. The SMILES string of the molecule is COc1ccc(C(NC(=O)CCc2cscn2)C(=O)O)cc1. The number of ether oxygens (including phenoxy) is 1. The molecule has 0 bridgehead atoms. The highest BCUT2D eigenvalue weighted by Crippen LogP contribution is 2.18. The van der Waals surface area contributed by atoms with E-state index in [1.807, 2.05) is 5.38 Å². The molecule has 6 nitrogen and oxygen atoms in total. The van der Waals surface area contributed by atoms with Crippen molar-refractivity contribution in [2.75, 3.05) is 7.11 Å². The molecule has 7 heteroatoms. The van der Waals surface area contributed by atoms with E-state index in [4.69, 9.17) is 4.74 Å². The Morgan fingerprint density at radius 1 is 1.36 bits per heavy atom. The van der Waals surface area contributed by atoms with E-state index >= 15 is 0 Å². The highest BCUT2D eigenvalue weighted by molar-refractivity contribution is 7.07. The minimum atomic E-state index is -1.10. The largest absolute Gasteiger partial charge is 0.497 e. The van der Waals surface area contributed by atoms with Gasteiger partial charge in [0.1, 0.15) is 5.75 Å². The Labute approximate surface area is 131 Å². The molecule has 1 aromatic carbocycles. The van der Waals surface area contributed by atoms with Gasteiger partial charge in [-0.1, -0.05) is 12.1 Å². The smallest absolute Gasteiger partial charge is 0.330 e. The van der Waals surface area contributed by atoms with Gasteiger partial charge in [0.25, 0.3) is 0 Å². The lowest BCUT2D eigenvalue weighted by atomic mass is 10.1. The Hall–Kier alpha value is -2.41. The number of aliphatic carboxylic acids is 1. The van der Waals surface area contributed by atoms with E-state index in [1.165, 1.54) is 18.4 Å². The molecule has 22 heavy (non-hydrogen) atoms. The molecular formula is C15H16N2O4S. The number of nitrogens with zero attached hydrogens (tertiary/aromatic N) is 1. The predicted molar refractivity (Wildman–Crippen MR) is 81.9 cm³/mol. The van der Waals surface area contributed by atoms with E-state index < -0.39 is 12.0 Å². The van der Waals surface area contributed by atoms with Crippen molar-refractivity contribution in [3.63, 3.8) is 0 Å². The Bertz CT molecular complexity index is 626. The molecule has 0 aliphatic rings. The summed E-state index contributed by atoms with van der Waals surface area (Å²) in [7, 11) is 1.53. The second-order valence-electron chi connectivity index (χ2n) is 4.59. The van der Waals surface area contributed by atoms with Crippen molar-refractivity contribution in [3.8, 4) is 5.75 Å². The minimum Gasteiger partial charge on any atom is -0.497 e. The zero-order chi connectivity index (χ0) is 15.9. The van der Waals surface area contributed by atoms with Crippen LogP contribution in [0.2, 0.25) is 0 Å².